The first-order chi connectivity index (χ1) is 15.6. The molecule has 2 aromatic rings. The molecule has 33 heavy (non-hydrogen) atoms. The normalized spacial score (nSPS) is 12.1. The number of amides is 2. The fourth-order valence-corrected chi connectivity index (χ4v) is 4.38. The number of hydrogen-bond donors (Lipinski definition) is 1. The first kappa shape index (κ1) is 26.7. The first-order valence-corrected chi connectivity index (χ1v) is 13.2. The van der Waals surface area contributed by atoms with Crippen LogP contribution < -0.4 is 9.62 Å². The molecule has 0 aliphatic carbocycles. The molecule has 0 bridgehead atoms. The Morgan fingerprint density at radius 3 is 2.39 bits per heavy atom. The van der Waals surface area contributed by atoms with Gasteiger partial charge in [-0.15, -0.1) is 0 Å². The van der Waals surface area contributed by atoms with Gasteiger partial charge in [-0.1, -0.05) is 61.3 Å². The lowest BCUT2D eigenvalue weighted by molar-refractivity contribution is -0.138. The van der Waals surface area contributed by atoms with Gasteiger partial charge in [-0.3, -0.25) is 13.9 Å². The standard InChI is InChI=1S/C24H32ClN3O4S/c1-4-5-15-26-24(30)19(2)27(16-14-20-10-7-6-8-11-20)23(29)18-28(33(3,31)32)22-13-9-12-21(25)17-22/h6-13,17,19H,4-5,14-16,18H2,1-3H3,(H,26,30)/t19-/m1/s1. The highest BCUT2D eigenvalue weighted by Crippen LogP contribution is 2.22. The van der Waals surface area contributed by atoms with Crippen molar-refractivity contribution in [3.05, 3.63) is 65.2 Å². The summed E-state index contributed by atoms with van der Waals surface area (Å²) in [6.45, 7) is 4.06. The molecule has 0 aliphatic rings. The van der Waals surface area contributed by atoms with E-state index in [1.54, 1.807) is 25.1 Å². The van der Waals surface area contributed by atoms with E-state index in [2.05, 4.69) is 5.32 Å². The number of anilines is 1. The van der Waals surface area contributed by atoms with Crippen LogP contribution in [-0.4, -0.2) is 57.1 Å². The van der Waals surface area contributed by atoms with Crippen molar-refractivity contribution in [2.24, 2.45) is 0 Å². The second-order valence-corrected chi connectivity index (χ2v) is 10.2. The monoisotopic (exact) mass is 493 g/mol. The van der Waals surface area contributed by atoms with Gasteiger partial charge in [-0.05, 0) is 43.5 Å². The molecule has 2 rings (SSSR count). The van der Waals surface area contributed by atoms with Crippen LogP contribution in [0, 0.1) is 0 Å². The SMILES string of the molecule is CCCCNC(=O)[C@@H](C)N(CCc1ccccc1)C(=O)CN(c1cccc(Cl)c1)S(C)(=O)=O. The lowest BCUT2D eigenvalue weighted by atomic mass is 10.1. The second kappa shape index (κ2) is 12.6. The van der Waals surface area contributed by atoms with Crippen LogP contribution in [-0.2, 0) is 26.0 Å². The predicted octanol–water partition coefficient (Wildman–Crippen LogP) is 3.48. The number of nitrogens with zero attached hydrogens (tertiary/aromatic N) is 2. The summed E-state index contributed by atoms with van der Waals surface area (Å²) in [7, 11) is -3.77. The maximum atomic E-state index is 13.4. The third-order valence-corrected chi connectivity index (χ3v) is 6.63. The van der Waals surface area contributed by atoms with Crippen LogP contribution in [0.4, 0.5) is 5.69 Å². The highest BCUT2D eigenvalue weighted by Gasteiger charge is 2.29. The molecule has 0 aromatic heterocycles. The van der Waals surface area contributed by atoms with Crippen molar-refractivity contribution >= 4 is 39.1 Å². The highest BCUT2D eigenvalue weighted by molar-refractivity contribution is 7.92. The molecule has 0 spiro atoms. The summed E-state index contributed by atoms with van der Waals surface area (Å²) >= 11 is 6.04. The molecule has 1 atom stereocenters. The number of rotatable bonds is 12. The zero-order valence-electron chi connectivity index (χ0n) is 19.3. The van der Waals surface area contributed by atoms with Gasteiger partial charge in [0.1, 0.15) is 12.6 Å². The molecule has 0 heterocycles. The average Bonchev–Trinajstić information content (AvgIpc) is 2.77. The van der Waals surface area contributed by atoms with E-state index in [1.807, 2.05) is 37.3 Å². The number of halogens is 1. The molecule has 0 aliphatic heterocycles. The zero-order chi connectivity index (χ0) is 24.4. The molecule has 0 saturated heterocycles. The van der Waals surface area contributed by atoms with E-state index in [0.717, 1.165) is 29.0 Å². The molecule has 7 nitrogen and oxygen atoms in total. The van der Waals surface area contributed by atoms with Gasteiger partial charge in [0, 0.05) is 18.1 Å². The largest absolute Gasteiger partial charge is 0.354 e. The molecule has 0 radical (unpaired) electrons. The van der Waals surface area contributed by atoms with Crippen LogP contribution in [0.15, 0.2) is 54.6 Å². The molecule has 0 fully saturated rings. The highest BCUT2D eigenvalue weighted by atomic mass is 35.5. The van der Waals surface area contributed by atoms with E-state index in [4.69, 9.17) is 11.6 Å². The Morgan fingerprint density at radius 2 is 1.79 bits per heavy atom. The van der Waals surface area contributed by atoms with Gasteiger partial charge in [0.25, 0.3) is 0 Å². The molecular formula is C24H32ClN3O4S. The van der Waals surface area contributed by atoms with E-state index in [1.165, 1.54) is 11.0 Å². The second-order valence-electron chi connectivity index (χ2n) is 7.89. The number of carbonyl (C=O) groups is 2. The Kier molecular flexibility index (Phi) is 10.2. The zero-order valence-corrected chi connectivity index (χ0v) is 20.9. The van der Waals surface area contributed by atoms with Gasteiger partial charge in [0.05, 0.1) is 11.9 Å². The Morgan fingerprint density at radius 1 is 1.09 bits per heavy atom. The Hall–Kier alpha value is -2.58. The third-order valence-electron chi connectivity index (χ3n) is 5.26. The smallest absolute Gasteiger partial charge is 0.244 e. The Bertz CT molecular complexity index is 1030. The average molecular weight is 494 g/mol. The fraction of sp³-hybridized carbons (Fsp3) is 0.417. The van der Waals surface area contributed by atoms with E-state index in [-0.39, 0.29) is 12.5 Å². The Labute approximate surface area is 201 Å². The van der Waals surface area contributed by atoms with Crippen LogP contribution in [0.2, 0.25) is 5.02 Å². The number of carbonyl (C=O) groups excluding carboxylic acids is 2. The summed E-state index contributed by atoms with van der Waals surface area (Å²) in [4.78, 5) is 27.5. The minimum Gasteiger partial charge on any atom is -0.354 e. The number of benzene rings is 2. The van der Waals surface area contributed by atoms with E-state index in [9.17, 15) is 18.0 Å². The van der Waals surface area contributed by atoms with Crippen LogP contribution >= 0.6 is 11.6 Å². The molecule has 2 aromatic carbocycles. The molecular weight excluding hydrogens is 462 g/mol. The van der Waals surface area contributed by atoms with Gasteiger partial charge in [-0.2, -0.15) is 0 Å². The summed E-state index contributed by atoms with van der Waals surface area (Å²) in [5.41, 5.74) is 1.31. The van der Waals surface area contributed by atoms with Crippen LogP contribution in [0.25, 0.3) is 0 Å². The maximum Gasteiger partial charge on any atom is 0.244 e. The van der Waals surface area contributed by atoms with E-state index in [0.29, 0.717) is 23.7 Å². The molecule has 0 saturated carbocycles. The molecule has 2 amide bonds. The lowest BCUT2D eigenvalue weighted by Crippen LogP contribution is -2.52. The van der Waals surface area contributed by atoms with Crippen molar-refractivity contribution in [1.82, 2.24) is 10.2 Å². The number of unbranched alkanes of at least 4 members (excludes halogenated alkanes) is 1. The van der Waals surface area contributed by atoms with Crippen molar-refractivity contribution < 1.29 is 18.0 Å². The summed E-state index contributed by atoms with van der Waals surface area (Å²) in [5, 5.41) is 3.22. The Balaban J connectivity index is 2.26. The first-order valence-electron chi connectivity index (χ1n) is 11.0. The summed E-state index contributed by atoms with van der Waals surface area (Å²) in [5.74, 6) is -0.729. The number of sulfonamides is 1. The van der Waals surface area contributed by atoms with Crippen LogP contribution in [0.3, 0.4) is 0 Å². The summed E-state index contributed by atoms with van der Waals surface area (Å²) < 4.78 is 26.0. The van der Waals surface area contributed by atoms with Gasteiger partial charge < -0.3 is 10.2 Å². The van der Waals surface area contributed by atoms with Crippen molar-refractivity contribution in [2.75, 3.05) is 30.2 Å². The molecule has 1 N–H and O–H groups in total. The number of nitrogens with one attached hydrogen (secondary N) is 1. The quantitative estimate of drug-likeness (QED) is 0.458. The van der Waals surface area contributed by atoms with E-state index < -0.39 is 28.5 Å². The van der Waals surface area contributed by atoms with Crippen molar-refractivity contribution in [3.63, 3.8) is 0 Å². The minimum atomic E-state index is -3.77. The predicted molar refractivity (Wildman–Crippen MR) is 133 cm³/mol. The minimum absolute atomic E-state index is 0.265. The van der Waals surface area contributed by atoms with Gasteiger partial charge in [0.15, 0.2) is 0 Å². The van der Waals surface area contributed by atoms with Crippen molar-refractivity contribution in [3.8, 4) is 0 Å². The van der Waals surface area contributed by atoms with Crippen molar-refractivity contribution in [2.45, 2.75) is 39.2 Å². The van der Waals surface area contributed by atoms with Crippen molar-refractivity contribution in [1.29, 1.82) is 0 Å². The number of hydrogen-bond acceptors (Lipinski definition) is 4. The molecule has 0 unspecified atom stereocenters. The van der Waals surface area contributed by atoms with Gasteiger partial charge in [0.2, 0.25) is 21.8 Å². The summed E-state index contributed by atoms with van der Waals surface area (Å²) in [6, 6.07) is 15.2. The molecule has 180 valence electrons. The van der Waals surface area contributed by atoms with Gasteiger partial charge in [-0.25, -0.2) is 8.42 Å². The topological polar surface area (TPSA) is 86.8 Å². The molecule has 9 heteroatoms. The third kappa shape index (κ3) is 8.37. The van der Waals surface area contributed by atoms with Gasteiger partial charge >= 0.3 is 0 Å². The lowest BCUT2D eigenvalue weighted by Gasteiger charge is -2.31. The fourth-order valence-electron chi connectivity index (χ4n) is 3.35. The van der Waals surface area contributed by atoms with E-state index >= 15 is 0 Å². The summed E-state index contributed by atoms with van der Waals surface area (Å²) in [6.07, 6.45) is 3.35. The van der Waals surface area contributed by atoms with Crippen LogP contribution in [0.1, 0.15) is 32.3 Å². The van der Waals surface area contributed by atoms with Crippen LogP contribution in [0.5, 0.6) is 0 Å². The maximum absolute atomic E-state index is 13.4.